The Morgan fingerprint density at radius 2 is 2.33 bits per heavy atom. The van der Waals surface area contributed by atoms with Crippen LogP contribution in [0.15, 0.2) is 12.1 Å². The fourth-order valence-corrected chi connectivity index (χ4v) is 1.53. The van der Waals surface area contributed by atoms with E-state index in [2.05, 4.69) is 4.98 Å². The molecule has 64 valence electrons. The lowest BCUT2D eigenvalue weighted by molar-refractivity contribution is -0.136. The molecule has 0 aliphatic heterocycles. The van der Waals surface area contributed by atoms with Crippen molar-refractivity contribution in [2.75, 3.05) is 5.73 Å². The topological polar surface area (TPSA) is 76.2 Å². The van der Waals surface area contributed by atoms with Crippen LogP contribution in [0.5, 0.6) is 0 Å². The number of nitrogens with zero attached hydrogens (tertiary/aromatic N) is 1. The van der Waals surface area contributed by atoms with E-state index in [0.717, 1.165) is 0 Å². The zero-order valence-electron chi connectivity index (χ0n) is 6.12. The van der Waals surface area contributed by atoms with Gasteiger partial charge in [-0.2, -0.15) is 0 Å². The predicted octanol–water partition coefficient (Wildman–Crippen LogP) is 0.896. The van der Waals surface area contributed by atoms with Crippen LogP contribution in [0.4, 0.5) is 5.82 Å². The lowest BCUT2D eigenvalue weighted by Gasteiger charge is -1.99. The van der Waals surface area contributed by atoms with E-state index in [1.165, 1.54) is 0 Å². The van der Waals surface area contributed by atoms with Gasteiger partial charge in [-0.05, 0) is 40.3 Å². The second-order valence-electron chi connectivity index (χ2n) is 2.29. The average molecular weight is 278 g/mol. The van der Waals surface area contributed by atoms with Crippen LogP contribution in [0, 0.1) is 3.70 Å². The van der Waals surface area contributed by atoms with Gasteiger partial charge in [0.1, 0.15) is 9.52 Å². The highest BCUT2D eigenvalue weighted by molar-refractivity contribution is 14.1. The predicted molar refractivity (Wildman–Crippen MR) is 52.7 cm³/mol. The zero-order chi connectivity index (χ0) is 9.14. The Morgan fingerprint density at radius 3 is 2.83 bits per heavy atom. The average Bonchev–Trinajstić information content (AvgIpc) is 1.81. The first-order valence-electron chi connectivity index (χ1n) is 3.21. The molecule has 0 fully saturated rings. The Balaban J connectivity index is 2.93. The second kappa shape index (κ2) is 3.70. The molecule has 0 aliphatic carbocycles. The van der Waals surface area contributed by atoms with Crippen molar-refractivity contribution < 1.29 is 9.90 Å². The summed E-state index contributed by atoms with van der Waals surface area (Å²) >= 11 is 1.99. The summed E-state index contributed by atoms with van der Waals surface area (Å²) in [4.78, 5) is 14.2. The number of aromatic nitrogens is 1. The van der Waals surface area contributed by atoms with Gasteiger partial charge in [-0.1, -0.05) is 0 Å². The molecule has 0 atom stereocenters. The van der Waals surface area contributed by atoms with Gasteiger partial charge in [0.2, 0.25) is 0 Å². The largest absolute Gasteiger partial charge is 0.481 e. The third-order valence-corrected chi connectivity index (χ3v) is 1.78. The SMILES string of the molecule is Nc1cc(CC(=O)O)cc(I)n1. The minimum atomic E-state index is -0.864. The van der Waals surface area contributed by atoms with Gasteiger partial charge in [-0.15, -0.1) is 0 Å². The van der Waals surface area contributed by atoms with Crippen molar-refractivity contribution in [3.63, 3.8) is 0 Å². The number of nitrogen functional groups attached to an aromatic ring is 1. The minimum absolute atomic E-state index is 0.0112. The van der Waals surface area contributed by atoms with Gasteiger partial charge in [0.25, 0.3) is 0 Å². The zero-order valence-corrected chi connectivity index (χ0v) is 8.28. The Labute approximate surface area is 82.9 Å². The summed E-state index contributed by atoms with van der Waals surface area (Å²) in [5.74, 6) is -0.505. The van der Waals surface area contributed by atoms with Crippen LogP contribution in [-0.2, 0) is 11.2 Å². The van der Waals surface area contributed by atoms with Gasteiger partial charge in [-0.25, -0.2) is 4.98 Å². The molecule has 0 aliphatic rings. The van der Waals surface area contributed by atoms with Crippen LogP contribution in [0.25, 0.3) is 0 Å². The van der Waals surface area contributed by atoms with Crippen LogP contribution in [0.3, 0.4) is 0 Å². The lowest BCUT2D eigenvalue weighted by atomic mass is 10.2. The lowest BCUT2D eigenvalue weighted by Crippen LogP contribution is -2.02. The van der Waals surface area contributed by atoms with E-state index in [0.29, 0.717) is 15.1 Å². The Hall–Kier alpha value is -0.850. The Bertz CT molecular complexity index is 294. The third-order valence-electron chi connectivity index (χ3n) is 1.23. The van der Waals surface area contributed by atoms with Gasteiger partial charge in [0, 0.05) is 0 Å². The molecule has 0 aromatic carbocycles. The van der Waals surface area contributed by atoms with Crippen molar-refractivity contribution in [3.05, 3.63) is 21.4 Å². The first kappa shape index (κ1) is 9.24. The smallest absolute Gasteiger partial charge is 0.307 e. The molecule has 0 amide bonds. The van der Waals surface area contributed by atoms with Crippen LogP contribution in [-0.4, -0.2) is 16.1 Å². The van der Waals surface area contributed by atoms with Gasteiger partial charge >= 0.3 is 5.97 Å². The van der Waals surface area contributed by atoms with Crippen LogP contribution in [0.2, 0.25) is 0 Å². The van der Waals surface area contributed by atoms with Crippen molar-refractivity contribution in [2.24, 2.45) is 0 Å². The van der Waals surface area contributed by atoms with E-state index < -0.39 is 5.97 Å². The first-order chi connectivity index (χ1) is 5.58. The number of halogens is 1. The van der Waals surface area contributed by atoms with Gasteiger partial charge in [0.05, 0.1) is 6.42 Å². The summed E-state index contributed by atoms with van der Waals surface area (Å²) in [5.41, 5.74) is 6.11. The molecule has 3 N–H and O–H groups in total. The van der Waals surface area contributed by atoms with E-state index >= 15 is 0 Å². The number of nitrogens with two attached hydrogens (primary N) is 1. The number of anilines is 1. The van der Waals surface area contributed by atoms with Crippen molar-refractivity contribution in [1.29, 1.82) is 0 Å². The van der Waals surface area contributed by atoms with Crippen LogP contribution >= 0.6 is 22.6 Å². The Kier molecular flexibility index (Phi) is 2.85. The first-order valence-corrected chi connectivity index (χ1v) is 4.29. The summed E-state index contributed by atoms with van der Waals surface area (Å²) in [6.07, 6.45) is -0.0112. The fraction of sp³-hybridized carbons (Fsp3) is 0.143. The molecule has 4 nitrogen and oxygen atoms in total. The molecular weight excluding hydrogens is 271 g/mol. The summed E-state index contributed by atoms with van der Waals surface area (Å²) in [6.45, 7) is 0. The second-order valence-corrected chi connectivity index (χ2v) is 3.40. The van der Waals surface area contributed by atoms with Crippen LogP contribution < -0.4 is 5.73 Å². The molecule has 1 heterocycles. The number of carboxylic acids is 1. The molecule has 0 saturated carbocycles. The highest BCUT2D eigenvalue weighted by Gasteiger charge is 2.02. The maximum Gasteiger partial charge on any atom is 0.307 e. The minimum Gasteiger partial charge on any atom is -0.481 e. The molecule has 1 rings (SSSR count). The molecule has 1 aromatic rings. The number of hydrogen-bond acceptors (Lipinski definition) is 3. The van der Waals surface area contributed by atoms with E-state index in [1.807, 2.05) is 22.6 Å². The molecular formula is C7H7IN2O2. The Morgan fingerprint density at radius 1 is 1.67 bits per heavy atom. The van der Waals surface area contributed by atoms with Crippen molar-refractivity contribution in [3.8, 4) is 0 Å². The van der Waals surface area contributed by atoms with Crippen molar-refractivity contribution >= 4 is 34.4 Å². The van der Waals surface area contributed by atoms with E-state index in [9.17, 15) is 4.79 Å². The summed E-state index contributed by atoms with van der Waals surface area (Å²) in [6, 6.07) is 3.27. The third kappa shape index (κ3) is 2.65. The van der Waals surface area contributed by atoms with E-state index in [-0.39, 0.29) is 6.42 Å². The summed E-state index contributed by atoms with van der Waals surface area (Å²) in [7, 11) is 0. The molecule has 0 saturated heterocycles. The van der Waals surface area contributed by atoms with Gasteiger partial charge in [0.15, 0.2) is 0 Å². The highest BCUT2D eigenvalue weighted by atomic mass is 127. The quantitative estimate of drug-likeness (QED) is 0.622. The fourth-order valence-electron chi connectivity index (χ4n) is 0.849. The van der Waals surface area contributed by atoms with Crippen LogP contribution in [0.1, 0.15) is 5.56 Å². The standard InChI is InChI=1S/C7H7IN2O2/c8-5-1-4(3-7(11)12)2-6(9)10-5/h1-2H,3H2,(H2,9,10)(H,11,12). The molecule has 0 radical (unpaired) electrons. The molecule has 12 heavy (non-hydrogen) atoms. The molecule has 0 bridgehead atoms. The number of pyridine rings is 1. The summed E-state index contributed by atoms with van der Waals surface area (Å²) in [5, 5.41) is 8.49. The maximum absolute atomic E-state index is 10.3. The van der Waals surface area contributed by atoms with Gasteiger partial charge in [-0.3, -0.25) is 4.79 Å². The molecule has 0 unspecified atom stereocenters. The molecule has 0 spiro atoms. The number of hydrogen-bond donors (Lipinski definition) is 2. The van der Waals surface area contributed by atoms with Gasteiger partial charge < -0.3 is 10.8 Å². The summed E-state index contributed by atoms with van der Waals surface area (Å²) < 4.78 is 0.712. The van der Waals surface area contributed by atoms with Crippen molar-refractivity contribution in [2.45, 2.75) is 6.42 Å². The molecule has 5 heteroatoms. The van der Waals surface area contributed by atoms with E-state index in [4.69, 9.17) is 10.8 Å². The highest BCUT2D eigenvalue weighted by Crippen LogP contribution is 2.10. The maximum atomic E-state index is 10.3. The van der Waals surface area contributed by atoms with E-state index in [1.54, 1.807) is 12.1 Å². The number of carboxylic acid groups (broad SMARTS) is 1. The normalized spacial score (nSPS) is 9.75. The number of aliphatic carboxylic acids is 1. The monoisotopic (exact) mass is 278 g/mol. The van der Waals surface area contributed by atoms with Crippen molar-refractivity contribution in [1.82, 2.24) is 4.98 Å². The number of rotatable bonds is 2. The number of carbonyl (C=O) groups is 1. The molecule has 1 aromatic heterocycles.